The highest BCUT2D eigenvalue weighted by atomic mass is 79.9. The summed E-state index contributed by atoms with van der Waals surface area (Å²) >= 11 is 12.3. The van der Waals surface area contributed by atoms with Gasteiger partial charge in [-0.2, -0.15) is 0 Å². The van der Waals surface area contributed by atoms with Crippen LogP contribution in [0.2, 0.25) is 5.02 Å². The van der Waals surface area contributed by atoms with Gasteiger partial charge in [0.2, 0.25) is 0 Å². The molecule has 19 heavy (non-hydrogen) atoms. The summed E-state index contributed by atoms with van der Waals surface area (Å²) in [6.07, 6.45) is 1.51. The zero-order valence-electron chi connectivity index (χ0n) is 9.75. The zero-order chi connectivity index (χ0) is 14.0. The van der Waals surface area contributed by atoms with Crippen molar-refractivity contribution in [2.75, 3.05) is 5.32 Å². The summed E-state index contributed by atoms with van der Waals surface area (Å²) in [5.74, 6) is 0.0740. The number of hydrogen-bond donors (Lipinski definition) is 1. The second kappa shape index (κ2) is 5.98. The Hall–Kier alpha value is -0.980. The lowest BCUT2D eigenvalue weighted by Gasteiger charge is -2.08. The van der Waals surface area contributed by atoms with Gasteiger partial charge in [0.25, 0.3) is 5.91 Å². The molecule has 0 saturated heterocycles. The Bertz CT molecular complexity index is 649. The molecule has 0 aliphatic heterocycles. The molecule has 98 valence electrons. The number of rotatable bonds is 2. The van der Waals surface area contributed by atoms with Crippen LogP contribution in [0.4, 0.5) is 5.82 Å². The number of carbonyl (C=O) groups excluding carboxylic acids is 1. The number of halogens is 3. The van der Waals surface area contributed by atoms with Gasteiger partial charge in [0, 0.05) is 10.6 Å². The molecule has 0 bridgehead atoms. The highest BCUT2D eigenvalue weighted by molar-refractivity contribution is 9.11. The van der Waals surface area contributed by atoms with Crippen LogP contribution in [-0.4, -0.2) is 15.9 Å². The Labute approximate surface area is 131 Å². The molecular weight excluding hydrogens is 397 g/mol. The molecule has 0 radical (unpaired) electrons. The van der Waals surface area contributed by atoms with Gasteiger partial charge in [0.05, 0.1) is 6.20 Å². The molecule has 2 aromatic rings. The summed E-state index contributed by atoms with van der Waals surface area (Å²) in [5.41, 5.74) is 1.34. The van der Waals surface area contributed by atoms with Crippen LogP contribution in [0.25, 0.3) is 0 Å². The molecule has 1 amide bonds. The van der Waals surface area contributed by atoms with Crippen molar-refractivity contribution in [3.63, 3.8) is 0 Å². The smallest absolute Gasteiger partial charge is 0.257 e. The number of aryl methyl sites for hydroxylation is 1. The predicted octanol–water partition coefficient (Wildman–Crippen LogP) is 4.22. The van der Waals surface area contributed by atoms with Crippen molar-refractivity contribution in [2.24, 2.45) is 0 Å². The minimum atomic E-state index is -0.280. The number of hydrogen-bond acceptors (Lipinski definition) is 3. The van der Waals surface area contributed by atoms with Gasteiger partial charge in [-0.1, -0.05) is 17.7 Å². The number of anilines is 1. The summed E-state index contributed by atoms with van der Waals surface area (Å²) < 4.78 is 1.03. The van der Waals surface area contributed by atoms with Crippen molar-refractivity contribution < 1.29 is 4.79 Å². The number of carbonyl (C=O) groups is 1. The minimum Gasteiger partial charge on any atom is -0.304 e. The van der Waals surface area contributed by atoms with Crippen LogP contribution in [0.3, 0.4) is 0 Å². The highest BCUT2D eigenvalue weighted by Crippen LogP contribution is 2.21. The first-order chi connectivity index (χ1) is 8.97. The number of nitrogens with one attached hydrogen (secondary N) is 1. The summed E-state index contributed by atoms with van der Waals surface area (Å²) in [6.45, 7) is 1.84. The third-order valence-corrected chi connectivity index (χ3v) is 3.55. The minimum absolute atomic E-state index is 0.280. The number of amides is 1. The fourth-order valence-electron chi connectivity index (χ4n) is 1.44. The molecule has 1 aromatic heterocycles. The quantitative estimate of drug-likeness (QED) is 0.814. The Morgan fingerprint density at radius 2 is 2.11 bits per heavy atom. The third-order valence-electron chi connectivity index (χ3n) is 2.38. The van der Waals surface area contributed by atoms with E-state index >= 15 is 0 Å². The number of benzene rings is 1. The molecule has 0 aliphatic rings. The van der Waals surface area contributed by atoms with E-state index in [9.17, 15) is 4.79 Å². The van der Waals surface area contributed by atoms with Crippen LogP contribution in [-0.2, 0) is 0 Å². The maximum absolute atomic E-state index is 12.2. The molecule has 0 fully saturated rings. The third kappa shape index (κ3) is 3.52. The largest absolute Gasteiger partial charge is 0.304 e. The van der Waals surface area contributed by atoms with Crippen LogP contribution < -0.4 is 5.32 Å². The number of aromatic nitrogens is 2. The first kappa shape index (κ1) is 14.4. The van der Waals surface area contributed by atoms with E-state index in [4.69, 9.17) is 11.6 Å². The van der Waals surface area contributed by atoms with Crippen molar-refractivity contribution in [1.82, 2.24) is 9.97 Å². The standard InChI is InChI=1S/C12H8Br2ClN3O/c1-6-2-3-7(15)4-8(6)12(19)18-11-10(14)17-9(13)5-16-11/h2-5H,1H3,(H,16,18,19). The van der Waals surface area contributed by atoms with Gasteiger partial charge >= 0.3 is 0 Å². The van der Waals surface area contributed by atoms with E-state index in [1.165, 1.54) is 6.20 Å². The molecule has 1 heterocycles. The van der Waals surface area contributed by atoms with Crippen LogP contribution in [0, 0.1) is 6.92 Å². The zero-order valence-corrected chi connectivity index (χ0v) is 13.7. The molecule has 0 atom stereocenters. The molecule has 7 heteroatoms. The normalized spacial score (nSPS) is 10.3. The fourth-order valence-corrected chi connectivity index (χ4v) is 2.53. The van der Waals surface area contributed by atoms with E-state index in [1.54, 1.807) is 18.2 Å². The fraction of sp³-hybridized carbons (Fsp3) is 0.0833. The van der Waals surface area contributed by atoms with Crippen molar-refractivity contribution in [1.29, 1.82) is 0 Å². The summed E-state index contributed by atoms with van der Waals surface area (Å²) in [5, 5.41) is 3.19. The molecule has 0 spiro atoms. The van der Waals surface area contributed by atoms with Gasteiger partial charge in [-0.05, 0) is 56.5 Å². The first-order valence-electron chi connectivity index (χ1n) is 5.23. The molecule has 1 N–H and O–H groups in total. The molecular formula is C12H8Br2ClN3O. The molecule has 0 aliphatic carbocycles. The lowest BCUT2D eigenvalue weighted by Crippen LogP contribution is -2.15. The summed E-state index contributed by atoms with van der Waals surface area (Å²) in [7, 11) is 0. The van der Waals surface area contributed by atoms with Crippen molar-refractivity contribution >= 4 is 55.2 Å². The maximum Gasteiger partial charge on any atom is 0.257 e. The molecule has 1 aromatic carbocycles. The van der Waals surface area contributed by atoms with Crippen LogP contribution in [0.5, 0.6) is 0 Å². The molecule has 0 unspecified atom stereocenters. The first-order valence-corrected chi connectivity index (χ1v) is 7.19. The van der Waals surface area contributed by atoms with E-state index in [1.807, 2.05) is 6.92 Å². The van der Waals surface area contributed by atoms with E-state index in [2.05, 4.69) is 47.1 Å². The Morgan fingerprint density at radius 1 is 1.37 bits per heavy atom. The van der Waals surface area contributed by atoms with E-state index in [-0.39, 0.29) is 5.91 Å². The lowest BCUT2D eigenvalue weighted by atomic mass is 10.1. The maximum atomic E-state index is 12.2. The van der Waals surface area contributed by atoms with Gasteiger partial charge in [-0.3, -0.25) is 4.79 Å². The van der Waals surface area contributed by atoms with Gasteiger partial charge in [0.15, 0.2) is 5.82 Å². The molecule has 0 saturated carbocycles. The van der Waals surface area contributed by atoms with Gasteiger partial charge < -0.3 is 5.32 Å². The second-order valence-corrected chi connectivity index (χ2v) is 5.75. The molecule has 4 nitrogen and oxygen atoms in total. The van der Waals surface area contributed by atoms with Gasteiger partial charge in [-0.25, -0.2) is 9.97 Å². The van der Waals surface area contributed by atoms with Crippen molar-refractivity contribution in [2.45, 2.75) is 6.92 Å². The van der Waals surface area contributed by atoms with E-state index < -0.39 is 0 Å². The summed E-state index contributed by atoms with van der Waals surface area (Å²) in [6, 6.07) is 5.15. The average Bonchev–Trinajstić information content (AvgIpc) is 2.35. The number of nitrogens with zero attached hydrogens (tertiary/aromatic N) is 2. The van der Waals surface area contributed by atoms with Crippen molar-refractivity contribution in [3.8, 4) is 0 Å². The van der Waals surface area contributed by atoms with Crippen molar-refractivity contribution in [3.05, 3.63) is 49.8 Å². The Kier molecular flexibility index (Phi) is 4.54. The Balaban J connectivity index is 2.28. The summed E-state index contributed by atoms with van der Waals surface area (Å²) in [4.78, 5) is 20.3. The van der Waals surface area contributed by atoms with Crippen LogP contribution >= 0.6 is 43.5 Å². The predicted molar refractivity (Wildman–Crippen MR) is 81.6 cm³/mol. The van der Waals surface area contributed by atoms with Crippen LogP contribution in [0.1, 0.15) is 15.9 Å². The van der Waals surface area contributed by atoms with E-state index in [0.29, 0.717) is 25.6 Å². The Morgan fingerprint density at radius 3 is 2.79 bits per heavy atom. The van der Waals surface area contributed by atoms with Crippen LogP contribution in [0.15, 0.2) is 33.6 Å². The van der Waals surface area contributed by atoms with Gasteiger partial charge in [0.1, 0.15) is 9.21 Å². The van der Waals surface area contributed by atoms with E-state index in [0.717, 1.165) is 5.56 Å². The highest BCUT2D eigenvalue weighted by Gasteiger charge is 2.13. The molecule has 2 rings (SSSR count). The lowest BCUT2D eigenvalue weighted by molar-refractivity contribution is 0.102. The second-order valence-electron chi connectivity index (χ2n) is 3.75. The topological polar surface area (TPSA) is 54.9 Å². The monoisotopic (exact) mass is 403 g/mol. The SMILES string of the molecule is Cc1ccc(Cl)cc1C(=O)Nc1ncc(Br)nc1Br. The van der Waals surface area contributed by atoms with Gasteiger partial charge in [-0.15, -0.1) is 0 Å². The average molecular weight is 405 g/mol.